The molecule has 0 aromatic heterocycles. The van der Waals surface area contributed by atoms with Crippen molar-refractivity contribution < 1.29 is 23.1 Å². The van der Waals surface area contributed by atoms with E-state index < -0.39 is 7.04 Å². The van der Waals surface area contributed by atoms with E-state index in [0.29, 0.717) is 37.2 Å². The number of allylic oxidation sites excluding steroid dienone is 2. The predicted octanol–water partition coefficient (Wildman–Crippen LogP) is 5.62. The van der Waals surface area contributed by atoms with E-state index in [1.54, 1.807) is 32.2 Å². The molecular formula is C27H45NO4. The maximum atomic E-state index is 12.4. The first kappa shape index (κ1) is 23.2. The number of methoxy groups -OCH3 is 2. The molecule has 2 atom stereocenters. The fraction of sp³-hybridized carbons (Fsp3) is 0.667. The van der Waals surface area contributed by atoms with Crippen LogP contribution in [0.3, 0.4) is 0 Å². The van der Waals surface area contributed by atoms with Gasteiger partial charge in [-0.3, -0.25) is 4.79 Å². The SMILES string of the molecule is [2H]C([2H])([2H])Oc1ccc(CC(C/C=C/C[C@H](C(=O)N(C)C)C(C)C)C(C)C)cc1OCCCOC. The van der Waals surface area contributed by atoms with Crippen LogP contribution in [-0.4, -0.2) is 52.3 Å². The van der Waals surface area contributed by atoms with Crippen LogP contribution >= 0.6 is 0 Å². The Labute approximate surface area is 200 Å². The average molecular weight is 451 g/mol. The zero-order chi connectivity index (χ0) is 26.6. The molecule has 1 unspecified atom stereocenters. The summed E-state index contributed by atoms with van der Waals surface area (Å²) in [5.41, 5.74) is 1.07. The van der Waals surface area contributed by atoms with Crippen molar-refractivity contribution in [1.82, 2.24) is 4.90 Å². The third-order valence-corrected chi connectivity index (χ3v) is 5.87. The van der Waals surface area contributed by atoms with Crippen molar-refractivity contribution in [3.8, 4) is 11.5 Å². The molecule has 0 bridgehead atoms. The van der Waals surface area contributed by atoms with Crippen LogP contribution in [0, 0.1) is 23.7 Å². The van der Waals surface area contributed by atoms with Gasteiger partial charge in [0.2, 0.25) is 5.91 Å². The highest BCUT2D eigenvalue weighted by atomic mass is 16.5. The van der Waals surface area contributed by atoms with Crippen LogP contribution in [0.2, 0.25) is 0 Å². The van der Waals surface area contributed by atoms with Crippen molar-refractivity contribution in [2.75, 3.05) is 41.5 Å². The van der Waals surface area contributed by atoms with Crippen molar-refractivity contribution in [1.29, 1.82) is 0 Å². The minimum atomic E-state index is -2.54. The summed E-state index contributed by atoms with van der Waals surface area (Å²) in [5.74, 6) is 1.95. The van der Waals surface area contributed by atoms with E-state index in [9.17, 15) is 4.79 Å². The van der Waals surface area contributed by atoms with E-state index in [2.05, 4.69) is 39.8 Å². The molecule has 0 N–H and O–H groups in total. The van der Waals surface area contributed by atoms with Crippen LogP contribution in [0.15, 0.2) is 30.4 Å². The Kier molecular flexibility index (Phi) is 10.8. The minimum Gasteiger partial charge on any atom is -0.493 e. The average Bonchev–Trinajstić information content (AvgIpc) is 2.75. The number of benzene rings is 1. The molecule has 5 heteroatoms. The van der Waals surface area contributed by atoms with Gasteiger partial charge in [0.05, 0.1) is 17.8 Å². The number of amides is 1. The van der Waals surface area contributed by atoms with Crippen molar-refractivity contribution >= 4 is 5.91 Å². The fourth-order valence-electron chi connectivity index (χ4n) is 3.66. The van der Waals surface area contributed by atoms with Crippen LogP contribution in [-0.2, 0) is 16.0 Å². The van der Waals surface area contributed by atoms with Crippen molar-refractivity contribution in [2.45, 2.75) is 53.4 Å². The van der Waals surface area contributed by atoms with Gasteiger partial charge in [-0.15, -0.1) is 0 Å². The monoisotopic (exact) mass is 450 g/mol. The fourth-order valence-corrected chi connectivity index (χ4v) is 3.66. The van der Waals surface area contributed by atoms with Crippen LogP contribution in [0.25, 0.3) is 0 Å². The first-order chi connectivity index (χ1) is 16.4. The summed E-state index contributed by atoms with van der Waals surface area (Å²) in [5, 5.41) is 0. The lowest BCUT2D eigenvalue weighted by Crippen LogP contribution is -2.32. The van der Waals surface area contributed by atoms with Crippen molar-refractivity contribution in [3.63, 3.8) is 0 Å². The number of hydrogen-bond donors (Lipinski definition) is 0. The molecule has 182 valence electrons. The second-order valence-electron chi connectivity index (χ2n) is 9.31. The number of nitrogens with zero attached hydrogens (tertiary/aromatic N) is 1. The summed E-state index contributed by atoms with van der Waals surface area (Å²) in [4.78, 5) is 14.1. The molecule has 0 aliphatic heterocycles. The number of rotatable bonds is 15. The molecule has 0 aliphatic rings. The zero-order valence-electron chi connectivity index (χ0n) is 24.0. The van der Waals surface area contributed by atoms with E-state index in [1.807, 2.05) is 12.1 Å². The molecule has 0 fully saturated rings. The van der Waals surface area contributed by atoms with Gasteiger partial charge in [0.15, 0.2) is 11.5 Å². The molecule has 1 aromatic rings. The van der Waals surface area contributed by atoms with Gasteiger partial charge in [0, 0.05) is 40.2 Å². The van der Waals surface area contributed by atoms with E-state index >= 15 is 0 Å². The Balaban J connectivity index is 2.92. The molecule has 0 spiro atoms. The normalized spacial score (nSPS) is 15.3. The number of ether oxygens (including phenoxy) is 3. The Morgan fingerprint density at radius 3 is 2.38 bits per heavy atom. The summed E-state index contributed by atoms with van der Waals surface area (Å²) < 4.78 is 38.4. The summed E-state index contributed by atoms with van der Waals surface area (Å²) >= 11 is 0. The number of hydrogen-bond acceptors (Lipinski definition) is 4. The molecule has 5 nitrogen and oxygen atoms in total. The zero-order valence-corrected chi connectivity index (χ0v) is 21.0. The highest BCUT2D eigenvalue weighted by molar-refractivity contribution is 5.78. The Hall–Kier alpha value is -2.01. The lowest BCUT2D eigenvalue weighted by atomic mass is 9.85. The molecule has 32 heavy (non-hydrogen) atoms. The van der Waals surface area contributed by atoms with Gasteiger partial charge >= 0.3 is 0 Å². The molecule has 0 heterocycles. The predicted molar refractivity (Wildman–Crippen MR) is 132 cm³/mol. The maximum Gasteiger partial charge on any atom is 0.225 e. The number of carbonyl (C=O) groups is 1. The lowest BCUT2D eigenvalue weighted by molar-refractivity contribution is -0.134. The maximum absolute atomic E-state index is 12.4. The van der Waals surface area contributed by atoms with Gasteiger partial charge in [-0.1, -0.05) is 45.9 Å². The standard InChI is InChI=1S/C27H45NO4/c1-20(2)23(12-9-10-13-24(21(3)4)27(29)28(5)6)18-22-14-15-25(31-8)26(19-22)32-17-11-16-30-7/h9-10,14-15,19-21,23-24H,11-13,16-18H2,1-8H3/b10-9+/t23?,24-/m0/s1/i8D3. The molecular weight excluding hydrogens is 402 g/mol. The first-order valence-corrected chi connectivity index (χ1v) is 11.7. The highest BCUT2D eigenvalue weighted by Gasteiger charge is 2.22. The van der Waals surface area contributed by atoms with Crippen LogP contribution in [0.5, 0.6) is 11.5 Å². The van der Waals surface area contributed by atoms with Gasteiger partial charge in [-0.25, -0.2) is 0 Å². The highest BCUT2D eigenvalue weighted by Crippen LogP contribution is 2.31. The summed E-state index contributed by atoms with van der Waals surface area (Å²) in [6.45, 7) is 9.57. The Bertz CT molecular complexity index is 791. The summed E-state index contributed by atoms with van der Waals surface area (Å²) in [6.07, 6.45) is 7.49. The Morgan fingerprint density at radius 1 is 1.06 bits per heavy atom. The van der Waals surface area contributed by atoms with Gasteiger partial charge in [-0.05, 0) is 54.7 Å². The smallest absolute Gasteiger partial charge is 0.225 e. The first-order valence-electron chi connectivity index (χ1n) is 13.2. The van der Waals surface area contributed by atoms with Gasteiger partial charge in [0.1, 0.15) is 0 Å². The second kappa shape index (κ2) is 14.9. The largest absolute Gasteiger partial charge is 0.493 e. The van der Waals surface area contributed by atoms with Crippen molar-refractivity contribution in [2.24, 2.45) is 23.7 Å². The van der Waals surface area contributed by atoms with E-state index in [1.165, 1.54) is 0 Å². The molecule has 0 saturated heterocycles. The summed E-state index contributed by atoms with van der Waals surface area (Å²) in [7, 11) is 2.70. The molecule has 0 saturated carbocycles. The minimum absolute atomic E-state index is 0.0117. The van der Waals surface area contributed by atoms with Gasteiger partial charge in [-0.2, -0.15) is 0 Å². The van der Waals surface area contributed by atoms with Gasteiger partial charge < -0.3 is 19.1 Å². The Morgan fingerprint density at radius 2 is 1.78 bits per heavy atom. The van der Waals surface area contributed by atoms with Crippen molar-refractivity contribution in [3.05, 3.63) is 35.9 Å². The van der Waals surface area contributed by atoms with Gasteiger partial charge in [0.25, 0.3) is 0 Å². The van der Waals surface area contributed by atoms with Crippen LogP contribution in [0.4, 0.5) is 0 Å². The van der Waals surface area contributed by atoms with E-state index in [4.69, 9.17) is 18.3 Å². The van der Waals surface area contributed by atoms with E-state index in [0.717, 1.165) is 24.8 Å². The molecule has 1 aromatic carbocycles. The van der Waals surface area contributed by atoms with Crippen LogP contribution < -0.4 is 9.47 Å². The third-order valence-electron chi connectivity index (χ3n) is 5.87. The molecule has 0 aliphatic carbocycles. The quantitative estimate of drug-likeness (QED) is 0.257. The molecule has 1 amide bonds. The molecule has 0 radical (unpaired) electrons. The van der Waals surface area contributed by atoms with Crippen LogP contribution in [0.1, 0.15) is 56.6 Å². The number of carbonyl (C=O) groups excluding carboxylic acids is 1. The summed E-state index contributed by atoms with van der Waals surface area (Å²) in [6, 6.07) is 5.48. The second-order valence-corrected chi connectivity index (χ2v) is 9.31. The van der Waals surface area contributed by atoms with E-state index in [-0.39, 0.29) is 23.5 Å². The topological polar surface area (TPSA) is 48.0 Å². The lowest BCUT2D eigenvalue weighted by Gasteiger charge is -2.23. The third kappa shape index (κ3) is 9.64. The molecule has 1 rings (SSSR count).